The van der Waals surface area contributed by atoms with Crippen LogP contribution in [0, 0.1) is 13.8 Å². The van der Waals surface area contributed by atoms with Gasteiger partial charge in [0, 0.05) is 12.5 Å². The molecule has 0 aliphatic carbocycles. The molecule has 0 bridgehead atoms. The molecule has 1 aromatic heterocycles. The van der Waals surface area contributed by atoms with E-state index < -0.39 is 0 Å². The zero-order valence-electron chi connectivity index (χ0n) is 11.9. The summed E-state index contributed by atoms with van der Waals surface area (Å²) in [6.45, 7) is 7.50. The number of aryl methyl sites for hydroxylation is 3. The Morgan fingerprint density at radius 1 is 1.32 bits per heavy atom. The monoisotopic (exact) mass is 258 g/mol. The summed E-state index contributed by atoms with van der Waals surface area (Å²) in [7, 11) is 0. The molecule has 0 saturated carbocycles. The zero-order chi connectivity index (χ0) is 13.7. The Kier molecular flexibility index (Phi) is 4.68. The minimum Gasteiger partial charge on any atom is -0.310 e. The van der Waals surface area contributed by atoms with Crippen molar-refractivity contribution in [2.24, 2.45) is 0 Å². The number of hydrogen-bond acceptors (Lipinski definition) is 3. The Balaban J connectivity index is 1.79. The van der Waals surface area contributed by atoms with Crippen LogP contribution in [0.2, 0.25) is 0 Å². The molecule has 0 spiro atoms. The molecule has 1 atom stereocenters. The Morgan fingerprint density at radius 2 is 2.16 bits per heavy atom. The number of hydrogen-bond donors (Lipinski definition) is 2. The molecule has 0 radical (unpaired) electrons. The van der Waals surface area contributed by atoms with Crippen molar-refractivity contribution in [2.75, 3.05) is 6.54 Å². The summed E-state index contributed by atoms with van der Waals surface area (Å²) in [5.41, 5.74) is 4.05. The van der Waals surface area contributed by atoms with Crippen molar-refractivity contribution in [1.82, 2.24) is 20.5 Å². The minimum absolute atomic E-state index is 0.385. The highest BCUT2D eigenvalue weighted by molar-refractivity contribution is 5.32. The lowest BCUT2D eigenvalue weighted by Gasteiger charge is -2.17. The van der Waals surface area contributed by atoms with Crippen molar-refractivity contribution in [3.63, 3.8) is 0 Å². The molecule has 0 fully saturated rings. The number of nitrogens with one attached hydrogen (secondary N) is 2. The van der Waals surface area contributed by atoms with Gasteiger partial charge in [0.15, 0.2) is 0 Å². The van der Waals surface area contributed by atoms with Gasteiger partial charge in [0.2, 0.25) is 0 Å². The first-order valence-electron chi connectivity index (χ1n) is 6.81. The maximum absolute atomic E-state index is 4.12. The zero-order valence-corrected chi connectivity index (χ0v) is 11.9. The molecule has 1 heterocycles. The van der Waals surface area contributed by atoms with E-state index in [-0.39, 0.29) is 0 Å². The van der Waals surface area contributed by atoms with Crippen LogP contribution in [0.25, 0.3) is 0 Å². The van der Waals surface area contributed by atoms with E-state index in [9.17, 15) is 0 Å². The molecule has 0 saturated heterocycles. The van der Waals surface area contributed by atoms with Crippen molar-refractivity contribution < 1.29 is 0 Å². The lowest BCUT2D eigenvalue weighted by atomic mass is 10.0. The first-order chi connectivity index (χ1) is 9.16. The smallest absolute Gasteiger partial charge is 0.137 e. The summed E-state index contributed by atoms with van der Waals surface area (Å²) < 4.78 is 0. The highest BCUT2D eigenvalue weighted by atomic mass is 15.2. The Labute approximate surface area is 114 Å². The van der Waals surface area contributed by atoms with Crippen LogP contribution in [-0.4, -0.2) is 21.7 Å². The van der Waals surface area contributed by atoms with Crippen molar-refractivity contribution >= 4 is 0 Å². The van der Waals surface area contributed by atoms with Gasteiger partial charge in [-0.25, -0.2) is 4.98 Å². The minimum atomic E-state index is 0.385. The lowest BCUT2D eigenvalue weighted by Crippen LogP contribution is -2.21. The Hall–Kier alpha value is -1.68. The number of aromatic nitrogens is 3. The van der Waals surface area contributed by atoms with Crippen LogP contribution in [0.1, 0.15) is 41.9 Å². The summed E-state index contributed by atoms with van der Waals surface area (Å²) >= 11 is 0. The second-order valence-electron chi connectivity index (χ2n) is 5.07. The predicted molar refractivity (Wildman–Crippen MR) is 77.0 cm³/mol. The number of rotatable bonds is 6. The number of H-pyrrole nitrogens is 1. The molecule has 1 aromatic carbocycles. The van der Waals surface area contributed by atoms with Gasteiger partial charge in [0.25, 0.3) is 0 Å². The van der Waals surface area contributed by atoms with Gasteiger partial charge < -0.3 is 5.32 Å². The van der Waals surface area contributed by atoms with E-state index in [1.165, 1.54) is 16.7 Å². The molecule has 2 aromatic rings. The van der Waals surface area contributed by atoms with Crippen LogP contribution in [0.5, 0.6) is 0 Å². The van der Waals surface area contributed by atoms with Gasteiger partial charge in [-0.05, 0) is 44.9 Å². The lowest BCUT2D eigenvalue weighted by molar-refractivity contribution is 0.552. The van der Waals surface area contributed by atoms with Crippen molar-refractivity contribution in [3.8, 4) is 0 Å². The second-order valence-corrected chi connectivity index (χ2v) is 5.07. The molecule has 2 N–H and O–H groups in total. The van der Waals surface area contributed by atoms with E-state index in [1.54, 1.807) is 6.33 Å². The first kappa shape index (κ1) is 13.7. The fourth-order valence-electron chi connectivity index (χ4n) is 2.35. The molecule has 2 rings (SSSR count). The molecular formula is C15H22N4. The predicted octanol–water partition coefficient (Wildman–Crippen LogP) is 2.70. The van der Waals surface area contributed by atoms with Crippen LogP contribution in [0.15, 0.2) is 24.5 Å². The number of benzene rings is 1. The normalized spacial score (nSPS) is 12.6. The van der Waals surface area contributed by atoms with Gasteiger partial charge in [-0.1, -0.05) is 23.8 Å². The van der Waals surface area contributed by atoms with Gasteiger partial charge >= 0.3 is 0 Å². The Bertz CT molecular complexity index is 505. The van der Waals surface area contributed by atoms with Crippen LogP contribution in [0.3, 0.4) is 0 Å². The molecule has 4 nitrogen and oxygen atoms in total. The van der Waals surface area contributed by atoms with E-state index in [2.05, 4.69) is 59.5 Å². The largest absolute Gasteiger partial charge is 0.310 e. The number of nitrogens with zero attached hydrogens (tertiary/aromatic N) is 2. The molecule has 19 heavy (non-hydrogen) atoms. The summed E-state index contributed by atoms with van der Waals surface area (Å²) in [6.07, 6.45) is 3.55. The van der Waals surface area contributed by atoms with Gasteiger partial charge in [0.05, 0.1) is 0 Å². The van der Waals surface area contributed by atoms with Crippen molar-refractivity contribution in [2.45, 2.75) is 39.7 Å². The summed E-state index contributed by atoms with van der Waals surface area (Å²) in [4.78, 5) is 4.12. The van der Waals surface area contributed by atoms with E-state index in [0.717, 1.165) is 25.2 Å². The molecule has 102 valence electrons. The van der Waals surface area contributed by atoms with Crippen LogP contribution in [0.4, 0.5) is 0 Å². The number of aromatic amines is 1. The van der Waals surface area contributed by atoms with Gasteiger partial charge in [-0.15, -0.1) is 0 Å². The summed E-state index contributed by atoms with van der Waals surface area (Å²) in [5.74, 6) is 0.959. The average molecular weight is 258 g/mol. The third-order valence-corrected chi connectivity index (χ3v) is 3.40. The van der Waals surface area contributed by atoms with Crippen molar-refractivity contribution in [1.29, 1.82) is 0 Å². The van der Waals surface area contributed by atoms with Crippen LogP contribution in [-0.2, 0) is 6.42 Å². The molecule has 0 amide bonds. The average Bonchev–Trinajstić information content (AvgIpc) is 2.87. The summed E-state index contributed by atoms with van der Waals surface area (Å²) in [6, 6.07) is 7.02. The molecule has 4 heteroatoms. The van der Waals surface area contributed by atoms with Crippen LogP contribution < -0.4 is 5.32 Å². The van der Waals surface area contributed by atoms with E-state index in [0.29, 0.717) is 6.04 Å². The third kappa shape index (κ3) is 3.89. The SMILES string of the molecule is Cc1ccc(C(C)NCCCc2ncn[nH]2)c(C)c1. The highest BCUT2D eigenvalue weighted by Crippen LogP contribution is 2.18. The molecule has 1 unspecified atom stereocenters. The quantitative estimate of drug-likeness (QED) is 0.783. The van der Waals surface area contributed by atoms with Crippen LogP contribution >= 0.6 is 0 Å². The van der Waals surface area contributed by atoms with Gasteiger partial charge in [-0.3, -0.25) is 5.10 Å². The fourth-order valence-corrected chi connectivity index (χ4v) is 2.35. The topological polar surface area (TPSA) is 53.6 Å². The van der Waals surface area contributed by atoms with Crippen molar-refractivity contribution in [3.05, 3.63) is 47.0 Å². The third-order valence-electron chi connectivity index (χ3n) is 3.40. The maximum Gasteiger partial charge on any atom is 0.137 e. The van der Waals surface area contributed by atoms with E-state index in [4.69, 9.17) is 0 Å². The second kappa shape index (κ2) is 6.48. The summed E-state index contributed by atoms with van der Waals surface area (Å²) in [5, 5.41) is 10.3. The fraction of sp³-hybridized carbons (Fsp3) is 0.467. The first-order valence-corrected chi connectivity index (χ1v) is 6.81. The molecule has 0 aliphatic heterocycles. The Morgan fingerprint density at radius 3 is 2.84 bits per heavy atom. The standard InChI is InChI=1S/C15H22N4/c1-11-6-7-14(12(2)9-11)13(3)16-8-4-5-15-17-10-18-19-15/h6-7,9-10,13,16H,4-5,8H2,1-3H3,(H,17,18,19). The maximum atomic E-state index is 4.12. The van der Waals surface area contributed by atoms with E-state index >= 15 is 0 Å². The molecule has 0 aliphatic rings. The molecular weight excluding hydrogens is 236 g/mol. The van der Waals surface area contributed by atoms with Gasteiger partial charge in [0.1, 0.15) is 12.2 Å². The highest BCUT2D eigenvalue weighted by Gasteiger charge is 2.07. The van der Waals surface area contributed by atoms with Gasteiger partial charge in [-0.2, -0.15) is 5.10 Å². The van der Waals surface area contributed by atoms with E-state index in [1.807, 2.05) is 0 Å².